The van der Waals surface area contributed by atoms with E-state index in [9.17, 15) is 18.0 Å². The first-order chi connectivity index (χ1) is 18.3. The second kappa shape index (κ2) is 12.9. The maximum atomic E-state index is 13.9. The second-order valence-corrected chi connectivity index (χ2v) is 12.4. The molecule has 0 bridgehead atoms. The lowest BCUT2D eigenvalue weighted by molar-refractivity contribution is -0.139. The molecule has 0 aromatic heterocycles. The van der Waals surface area contributed by atoms with Crippen molar-refractivity contribution in [3.05, 3.63) is 93.5 Å². The minimum absolute atomic E-state index is 0.00154. The van der Waals surface area contributed by atoms with Crippen molar-refractivity contribution in [2.24, 2.45) is 0 Å². The maximum absolute atomic E-state index is 13.9. The van der Waals surface area contributed by atoms with Gasteiger partial charge in [0.05, 0.1) is 20.6 Å². The number of aryl methyl sites for hydroxylation is 2. The van der Waals surface area contributed by atoms with Gasteiger partial charge < -0.3 is 10.2 Å². The minimum Gasteiger partial charge on any atom is -0.352 e. The molecule has 2 amide bonds. The summed E-state index contributed by atoms with van der Waals surface area (Å²) in [5.41, 5.74) is 2.79. The van der Waals surface area contributed by atoms with Crippen LogP contribution in [0.1, 0.15) is 37.5 Å². The highest BCUT2D eigenvalue weighted by Crippen LogP contribution is 2.35. The summed E-state index contributed by atoms with van der Waals surface area (Å²) in [6.07, 6.45) is 0. The Labute approximate surface area is 240 Å². The molecule has 3 aromatic rings. The Morgan fingerprint density at radius 2 is 1.44 bits per heavy atom. The van der Waals surface area contributed by atoms with Crippen molar-refractivity contribution in [2.75, 3.05) is 10.8 Å². The van der Waals surface area contributed by atoms with Gasteiger partial charge in [0.15, 0.2) is 0 Å². The van der Waals surface area contributed by atoms with Crippen LogP contribution in [0.5, 0.6) is 0 Å². The molecular weight excluding hydrogens is 557 g/mol. The fourth-order valence-electron chi connectivity index (χ4n) is 3.91. The van der Waals surface area contributed by atoms with Crippen LogP contribution in [-0.4, -0.2) is 43.8 Å². The Kier molecular flexibility index (Phi) is 10.0. The summed E-state index contributed by atoms with van der Waals surface area (Å²) < 4.78 is 28.7. The SMILES string of the molecule is Cc1ccc(CN(C(=O)CN(c2cccc(Cl)c2Cl)S(=O)(=O)c2ccc(C)cc2)[C@H](C)C(=O)NC(C)C)cc1. The predicted molar refractivity (Wildman–Crippen MR) is 157 cm³/mol. The van der Waals surface area contributed by atoms with Crippen molar-refractivity contribution >= 4 is 50.7 Å². The van der Waals surface area contributed by atoms with Gasteiger partial charge in [-0.25, -0.2) is 8.42 Å². The summed E-state index contributed by atoms with van der Waals surface area (Å²) in [6, 6.07) is 17.5. The third-order valence-corrected chi connectivity index (χ3v) is 8.74. The molecule has 0 aliphatic heterocycles. The lowest BCUT2D eigenvalue weighted by atomic mass is 10.1. The van der Waals surface area contributed by atoms with Crippen molar-refractivity contribution in [3.63, 3.8) is 0 Å². The number of nitrogens with one attached hydrogen (secondary N) is 1. The summed E-state index contributed by atoms with van der Waals surface area (Å²) in [5, 5.41) is 2.98. The smallest absolute Gasteiger partial charge is 0.264 e. The summed E-state index contributed by atoms with van der Waals surface area (Å²) in [5.74, 6) is -0.923. The van der Waals surface area contributed by atoms with Crippen molar-refractivity contribution in [2.45, 2.75) is 58.1 Å². The summed E-state index contributed by atoms with van der Waals surface area (Å²) in [4.78, 5) is 28.3. The zero-order chi connectivity index (χ0) is 28.9. The van der Waals surface area contributed by atoms with Crippen molar-refractivity contribution in [3.8, 4) is 0 Å². The van der Waals surface area contributed by atoms with E-state index in [1.165, 1.54) is 29.2 Å². The van der Waals surface area contributed by atoms with Gasteiger partial charge >= 0.3 is 0 Å². The maximum Gasteiger partial charge on any atom is 0.264 e. The third kappa shape index (κ3) is 7.53. The molecular formula is C29H33Cl2N3O4S. The van der Waals surface area contributed by atoms with Gasteiger partial charge in [-0.2, -0.15) is 0 Å². The van der Waals surface area contributed by atoms with Gasteiger partial charge in [-0.1, -0.05) is 76.8 Å². The normalized spacial score (nSPS) is 12.2. The molecule has 0 heterocycles. The zero-order valence-corrected chi connectivity index (χ0v) is 24.9. The number of benzene rings is 3. The van der Waals surface area contributed by atoms with E-state index in [0.29, 0.717) is 0 Å². The molecule has 3 rings (SSSR count). The number of carbonyl (C=O) groups excluding carboxylic acids is 2. The molecule has 1 atom stereocenters. The van der Waals surface area contributed by atoms with E-state index in [1.807, 2.05) is 52.0 Å². The van der Waals surface area contributed by atoms with Crippen LogP contribution in [0.3, 0.4) is 0 Å². The molecule has 0 radical (unpaired) electrons. The summed E-state index contributed by atoms with van der Waals surface area (Å²) in [7, 11) is -4.24. The van der Waals surface area contributed by atoms with Gasteiger partial charge in [0.2, 0.25) is 11.8 Å². The standard InChI is InChI=1S/C29H33Cl2N3O4S/c1-19(2)32-29(36)22(5)33(17-23-13-9-20(3)10-14-23)27(35)18-34(26-8-6-7-25(30)28(26)31)39(37,38)24-15-11-21(4)12-16-24/h6-16,19,22H,17-18H2,1-5H3,(H,32,36)/t22-/m1/s1. The molecule has 39 heavy (non-hydrogen) atoms. The Balaban J connectivity index is 2.07. The monoisotopic (exact) mass is 589 g/mol. The van der Waals surface area contributed by atoms with Crippen LogP contribution in [0.4, 0.5) is 5.69 Å². The topological polar surface area (TPSA) is 86.8 Å². The van der Waals surface area contributed by atoms with E-state index < -0.39 is 28.5 Å². The number of hydrogen-bond acceptors (Lipinski definition) is 4. The average Bonchev–Trinajstić information content (AvgIpc) is 2.88. The molecule has 208 valence electrons. The third-order valence-electron chi connectivity index (χ3n) is 6.16. The molecule has 3 aromatic carbocycles. The van der Waals surface area contributed by atoms with Crippen LogP contribution in [0.25, 0.3) is 0 Å². The first-order valence-corrected chi connectivity index (χ1v) is 14.7. The highest BCUT2D eigenvalue weighted by molar-refractivity contribution is 7.92. The van der Waals surface area contributed by atoms with Crippen LogP contribution in [0, 0.1) is 13.8 Å². The Morgan fingerprint density at radius 3 is 2.00 bits per heavy atom. The summed E-state index contributed by atoms with van der Waals surface area (Å²) in [6.45, 7) is 8.58. The van der Waals surface area contributed by atoms with E-state index in [1.54, 1.807) is 25.1 Å². The number of anilines is 1. The Bertz CT molecular complexity index is 1430. The van der Waals surface area contributed by atoms with Gasteiger partial charge in [-0.3, -0.25) is 13.9 Å². The molecule has 0 fully saturated rings. The number of halogens is 2. The lowest BCUT2D eigenvalue weighted by Crippen LogP contribution is -2.52. The number of nitrogens with zero attached hydrogens (tertiary/aromatic N) is 2. The van der Waals surface area contributed by atoms with E-state index in [2.05, 4.69) is 5.32 Å². The molecule has 0 unspecified atom stereocenters. The molecule has 0 saturated heterocycles. The number of hydrogen-bond donors (Lipinski definition) is 1. The number of carbonyl (C=O) groups is 2. The summed E-state index contributed by atoms with van der Waals surface area (Å²) >= 11 is 12.7. The number of sulfonamides is 1. The quantitative estimate of drug-likeness (QED) is 0.326. The van der Waals surface area contributed by atoms with Gasteiger partial charge in [-0.15, -0.1) is 0 Å². The molecule has 0 saturated carbocycles. The predicted octanol–water partition coefficient (Wildman–Crippen LogP) is 5.75. The minimum atomic E-state index is -4.24. The van der Waals surface area contributed by atoms with E-state index in [4.69, 9.17) is 23.2 Å². The van der Waals surface area contributed by atoms with Gasteiger partial charge in [0.1, 0.15) is 12.6 Å². The van der Waals surface area contributed by atoms with E-state index in [0.717, 1.165) is 21.0 Å². The molecule has 0 spiro atoms. The Hall–Kier alpha value is -3.07. The number of amides is 2. The van der Waals surface area contributed by atoms with Gasteiger partial charge in [0.25, 0.3) is 10.0 Å². The van der Waals surface area contributed by atoms with Crippen molar-refractivity contribution in [1.82, 2.24) is 10.2 Å². The molecule has 1 N–H and O–H groups in total. The molecule has 0 aliphatic rings. The average molecular weight is 591 g/mol. The van der Waals surface area contributed by atoms with Crippen LogP contribution < -0.4 is 9.62 Å². The Morgan fingerprint density at radius 1 is 0.872 bits per heavy atom. The molecule has 0 aliphatic carbocycles. The van der Waals surface area contributed by atoms with Crippen LogP contribution in [0.15, 0.2) is 71.6 Å². The number of rotatable bonds is 10. The van der Waals surface area contributed by atoms with Crippen molar-refractivity contribution < 1.29 is 18.0 Å². The van der Waals surface area contributed by atoms with Crippen molar-refractivity contribution in [1.29, 1.82) is 0 Å². The van der Waals surface area contributed by atoms with E-state index in [-0.39, 0.29) is 39.1 Å². The first-order valence-electron chi connectivity index (χ1n) is 12.5. The van der Waals surface area contributed by atoms with E-state index >= 15 is 0 Å². The molecule has 10 heteroatoms. The highest BCUT2D eigenvalue weighted by atomic mass is 35.5. The van der Waals surface area contributed by atoms with Gasteiger partial charge in [-0.05, 0) is 64.4 Å². The van der Waals surface area contributed by atoms with Crippen LogP contribution in [-0.2, 0) is 26.2 Å². The zero-order valence-electron chi connectivity index (χ0n) is 22.6. The second-order valence-electron chi connectivity index (χ2n) is 9.74. The first kappa shape index (κ1) is 30.5. The fourth-order valence-corrected chi connectivity index (χ4v) is 5.79. The molecule has 7 nitrogen and oxygen atoms in total. The van der Waals surface area contributed by atoms with Gasteiger partial charge in [0, 0.05) is 12.6 Å². The van der Waals surface area contributed by atoms with Crippen LogP contribution >= 0.6 is 23.2 Å². The lowest BCUT2D eigenvalue weighted by Gasteiger charge is -2.32. The van der Waals surface area contributed by atoms with Crippen LogP contribution in [0.2, 0.25) is 10.0 Å². The fraction of sp³-hybridized carbons (Fsp3) is 0.310. The largest absolute Gasteiger partial charge is 0.352 e. The highest BCUT2D eigenvalue weighted by Gasteiger charge is 2.33.